The second-order valence-corrected chi connectivity index (χ2v) is 15.0. The summed E-state index contributed by atoms with van der Waals surface area (Å²) in [5.74, 6) is 0.640. The van der Waals surface area contributed by atoms with Crippen LogP contribution in [0.25, 0.3) is 76.6 Å². The minimum Gasteiger partial charge on any atom is -0.208 e. The lowest BCUT2D eigenvalue weighted by Crippen LogP contribution is -2.28. The van der Waals surface area contributed by atoms with Crippen LogP contribution in [0.15, 0.2) is 200 Å². The number of benzene rings is 8. The van der Waals surface area contributed by atoms with E-state index in [1.54, 1.807) is 11.3 Å². The maximum atomic E-state index is 8.98. The van der Waals surface area contributed by atoms with Gasteiger partial charge >= 0.3 is 0 Å². The molecule has 1 aliphatic carbocycles. The van der Waals surface area contributed by atoms with Crippen molar-refractivity contribution in [1.82, 2.24) is 15.0 Å². The molecule has 262 valence electrons. The zero-order valence-corrected chi connectivity index (χ0v) is 30.7. The predicted molar refractivity (Wildman–Crippen MR) is 232 cm³/mol. The molecule has 2 aromatic heterocycles. The third kappa shape index (κ3) is 5.00. The third-order valence-electron chi connectivity index (χ3n) is 10.9. The van der Waals surface area contributed by atoms with Gasteiger partial charge in [-0.1, -0.05) is 188 Å². The van der Waals surface area contributed by atoms with Crippen molar-refractivity contribution in [3.8, 4) is 56.4 Å². The van der Waals surface area contributed by atoms with Crippen LogP contribution in [0, 0.1) is 0 Å². The molecule has 2 heterocycles. The summed E-state index contributed by atoms with van der Waals surface area (Å²) in [6, 6.07) is 56.5. The number of aromatic nitrogens is 3. The number of hydrogen-bond acceptors (Lipinski definition) is 4. The second-order valence-electron chi connectivity index (χ2n) is 13.9. The average molecular weight is 737 g/mol. The van der Waals surface area contributed by atoms with E-state index in [1.165, 1.54) is 20.2 Å². The van der Waals surface area contributed by atoms with Crippen LogP contribution in [0.2, 0.25) is 0 Å². The summed E-state index contributed by atoms with van der Waals surface area (Å²) >= 11 is 1.76. The van der Waals surface area contributed by atoms with Crippen molar-refractivity contribution in [2.45, 2.75) is 5.41 Å². The summed E-state index contributed by atoms with van der Waals surface area (Å²) in [6.07, 6.45) is 0. The molecule has 0 saturated carbocycles. The summed E-state index contributed by atoms with van der Waals surface area (Å²) in [5, 5.41) is 2.40. The highest BCUT2D eigenvalue weighted by Gasteiger charge is 2.47. The number of nitrogens with zero attached hydrogens (tertiary/aromatic N) is 3. The molecule has 0 atom stereocenters. The van der Waals surface area contributed by atoms with Gasteiger partial charge in [0, 0.05) is 36.9 Å². The Labute approximate surface area is 336 Å². The Morgan fingerprint density at radius 1 is 0.429 bits per heavy atom. The zero-order chi connectivity index (χ0) is 41.4. The monoisotopic (exact) mass is 736 g/mol. The molecule has 0 N–H and O–H groups in total. The molecule has 3 nitrogen and oxygen atoms in total. The van der Waals surface area contributed by atoms with Crippen LogP contribution in [0.3, 0.4) is 0 Å². The Bertz CT molecular complexity index is 3320. The lowest BCUT2D eigenvalue weighted by Gasteiger charge is -2.33. The van der Waals surface area contributed by atoms with E-state index >= 15 is 0 Å². The molecule has 0 fully saturated rings. The maximum absolute atomic E-state index is 8.98. The Morgan fingerprint density at radius 3 is 1.80 bits per heavy atom. The summed E-state index contributed by atoms with van der Waals surface area (Å²) < 4.78 is 45.8. The van der Waals surface area contributed by atoms with Crippen molar-refractivity contribution >= 4 is 31.5 Å². The molecular weight excluding hydrogens is 699 g/mol. The highest BCUT2D eigenvalue weighted by Crippen LogP contribution is 2.58. The zero-order valence-electron chi connectivity index (χ0n) is 34.9. The van der Waals surface area contributed by atoms with Gasteiger partial charge in [-0.3, -0.25) is 0 Å². The van der Waals surface area contributed by atoms with Crippen molar-refractivity contribution in [1.29, 1.82) is 0 Å². The fourth-order valence-electron chi connectivity index (χ4n) is 8.58. The van der Waals surface area contributed by atoms with E-state index in [9.17, 15) is 0 Å². The first-order chi connectivity index (χ1) is 29.8. The van der Waals surface area contributed by atoms with Gasteiger partial charge in [0.2, 0.25) is 0 Å². The van der Waals surface area contributed by atoms with E-state index < -0.39 is 23.5 Å². The predicted octanol–water partition coefficient (Wildman–Crippen LogP) is 13.3. The van der Waals surface area contributed by atoms with E-state index in [0.717, 1.165) is 50.1 Å². The van der Waals surface area contributed by atoms with Crippen LogP contribution in [0.4, 0.5) is 0 Å². The minimum absolute atomic E-state index is 0.00437. The first-order valence-electron chi connectivity index (χ1n) is 21.0. The van der Waals surface area contributed by atoms with Gasteiger partial charge in [0.1, 0.15) is 0 Å². The molecular formula is C52H33N3S. The molecule has 1 aliphatic rings. The smallest absolute Gasteiger partial charge is 0.164 e. The Morgan fingerprint density at radius 2 is 1.00 bits per heavy atom. The Kier molecular flexibility index (Phi) is 6.44. The molecule has 0 unspecified atom stereocenters. The second kappa shape index (κ2) is 13.1. The topological polar surface area (TPSA) is 38.7 Å². The van der Waals surface area contributed by atoms with E-state index in [0.29, 0.717) is 17.2 Å². The molecule has 8 aromatic carbocycles. The fourth-order valence-corrected chi connectivity index (χ4v) is 9.82. The normalized spacial score (nSPS) is 14.0. The van der Waals surface area contributed by atoms with Crippen molar-refractivity contribution in [2.24, 2.45) is 0 Å². The van der Waals surface area contributed by atoms with E-state index in [2.05, 4.69) is 127 Å². The summed E-state index contributed by atoms with van der Waals surface area (Å²) in [4.78, 5) is 15.2. The molecule has 0 spiro atoms. The summed E-state index contributed by atoms with van der Waals surface area (Å²) in [7, 11) is 0. The van der Waals surface area contributed by atoms with Crippen molar-refractivity contribution < 1.29 is 6.85 Å². The van der Waals surface area contributed by atoms with Gasteiger partial charge < -0.3 is 0 Å². The molecule has 0 bridgehead atoms. The maximum Gasteiger partial charge on any atom is 0.164 e. The molecule has 56 heavy (non-hydrogen) atoms. The van der Waals surface area contributed by atoms with Crippen LogP contribution in [-0.4, -0.2) is 15.0 Å². The van der Waals surface area contributed by atoms with Crippen molar-refractivity contribution in [3.05, 3.63) is 222 Å². The third-order valence-corrected chi connectivity index (χ3v) is 12.1. The SMILES string of the molecule is [2H]c1c([2H])c([2H])c(-c2nc(-c3cccc(-c4cccc5c4sc4ccccc45)c3)nc(-c3cccc4c3-c3ccccc3C4(c3ccccc3)c3ccccc3)n2)c([2H])c1[2H]. The Balaban J connectivity index is 1.18. The number of rotatable bonds is 6. The number of fused-ring (bicyclic) bond motifs is 6. The summed E-state index contributed by atoms with van der Waals surface area (Å²) in [6.45, 7) is 0. The van der Waals surface area contributed by atoms with E-state index in [-0.39, 0.29) is 23.5 Å². The summed E-state index contributed by atoms with van der Waals surface area (Å²) in [5.41, 5.74) is 9.15. The van der Waals surface area contributed by atoms with Crippen molar-refractivity contribution in [2.75, 3.05) is 0 Å². The average Bonchev–Trinajstić information content (AvgIpc) is 3.85. The van der Waals surface area contributed by atoms with Gasteiger partial charge in [-0.25, -0.2) is 15.0 Å². The highest BCUT2D eigenvalue weighted by atomic mass is 32.1. The van der Waals surface area contributed by atoms with Crippen LogP contribution >= 0.6 is 11.3 Å². The van der Waals surface area contributed by atoms with Crippen LogP contribution in [-0.2, 0) is 5.41 Å². The van der Waals surface area contributed by atoms with Gasteiger partial charge in [-0.2, -0.15) is 0 Å². The fraction of sp³-hybridized carbons (Fsp3) is 0.0192. The lowest BCUT2D eigenvalue weighted by atomic mass is 9.67. The molecule has 0 aliphatic heterocycles. The van der Waals surface area contributed by atoms with Crippen LogP contribution in [0.1, 0.15) is 29.1 Å². The van der Waals surface area contributed by atoms with Crippen LogP contribution < -0.4 is 0 Å². The molecule has 10 aromatic rings. The molecule has 4 heteroatoms. The van der Waals surface area contributed by atoms with Crippen molar-refractivity contribution in [3.63, 3.8) is 0 Å². The van der Waals surface area contributed by atoms with Gasteiger partial charge in [-0.15, -0.1) is 11.3 Å². The molecule has 11 rings (SSSR count). The number of hydrogen-bond donors (Lipinski definition) is 0. The van der Waals surface area contributed by atoms with Gasteiger partial charge in [-0.05, 0) is 56.6 Å². The Hall–Kier alpha value is -7.01. The standard InChI is InChI=1S/C52H33N3S/c1-4-17-34(18-5-1)49-53-50(36-20-14-19-35(33-36)39-27-15-28-41-40-25-11-13-32-46(40)56-48(39)41)55-51(54-49)43-29-16-31-45-47(43)42-26-10-12-30-44(42)52(45,37-21-6-2-7-22-37)38-23-8-3-9-24-38/h1-33H/i1D,4D,5D,17D,18D. The van der Waals surface area contributed by atoms with Gasteiger partial charge in [0.05, 0.1) is 12.3 Å². The first kappa shape index (κ1) is 27.6. The molecule has 0 radical (unpaired) electrons. The van der Waals surface area contributed by atoms with Crippen LogP contribution in [0.5, 0.6) is 0 Å². The largest absolute Gasteiger partial charge is 0.208 e. The number of thiophene rings is 1. The highest BCUT2D eigenvalue weighted by molar-refractivity contribution is 7.26. The van der Waals surface area contributed by atoms with Gasteiger partial charge in [0.25, 0.3) is 0 Å². The lowest BCUT2D eigenvalue weighted by molar-refractivity contribution is 0.768. The van der Waals surface area contributed by atoms with E-state index in [4.69, 9.17) is 21.8 Å². The van der Waals surface area contributed by atoms with E-state index in [1.807, 2.05) is 42.5 Å². The van der Waals surface area contributed by atoms with Gasteiger partial charge in [0.15, 0.2) is 17.5 Å². The minimum atomic E-state index is -0.669. The quantitative estimate of drug-likeness (QED) is 0.171. The molecule has 0 saturated heterocycles. The first-order valence-corrected chi connectivity index (χ1v) is 19.4. The molecule has 0 amide bonds.